The molecule has 1 saturated heterocycles. The molecule has 1 saturated carbocycles. The van der Waals surface area contributed by atoms with E-state index in [0.29, 0.717) is 19.7 Å². The molecule has 3 rings (SSSR count). The van der Waals surface area contributed by atoms with Gasteiger partial charge in [-0.3, -0.25) is 14.5 Å². The first-order chi connectivity index (χ1) is 11.1. The van der Waals surface area contributed by atoms with Crippen LogP contribution in [0.2, 0.25) is 0 Å². The Morgan fingerprint density at radius 1 is 1.30 bits per heavy atom. The zero-order chi connectivity index (χ0) is 16.2. The summed E-state index contributed by atoms with van der Waals surface area (Å²) in [5.41, 5.74) is 0.161. The molecule has 1 aromatic rings. The van der Waals surface area contributed by atoms with Crippen LogP contribution in [0.3, 0.4) is 0 Å². The summed E-state index contributed by atoms with van der Waals surface area (Å²) >= 11 is 0. The van der Waals surface area contributed by atoms with E-state index in [1.54, 1.807) is 12.1 Å². The number of carbonyl (C=O) groups excluding carboxylic acids is 2. The Hall–Kier alpha value is -1.99. The van der Waals surface area contributed by atoms with E-state index in [9.17, 15) is 14.0 Å². The van der Waals surface area contributed by atoms with Crippen molar-refractivity contribution in [1.82, 2.24) is 10.2 Å². The molecule has 1 atom stereocenters. The maximum atomic E-state index is 13.5. The average Bonchev–Trinajstić information content (AvgIpc) is 3.34. The fourth-order valence-electron chi connectivity index (χ4n) is 2.48. The van der Waals surface area contributed by atoms with E-state index in [2.05, 4.69) is 10.6 Å². The lowest BCUT2D eigenvalue weighted by atomic mass is 10.2. The van der Waals surface area contributed by atoms with E-state index in [1.165, 1.54) is 12.1 Å². The Kier molecular flexibility index (Phi) is 4.88. The number of nitrogens with zero attached hydrogens (tertiary/aromatic N) is 1. The zero-order valence-corrected chi connectivity index (χ0v) is 12.8. The summed E-state index contributed by atoms with van der Waals surface area (Å²) in [6, 6.07) is 6.31. The summed E-state index contributed by atoms with van der Waals surface area (Å²) in [4.78, 5) is 25.9. The van der Waals surface area contributed by atoms with Gasteiger partial charge in [-0.05, 0) is 25.0 Å². The molecule has 0 spiro atoms. The van der Waals surface area contributed by atoms with Crippen molar-refractivity contribution in [3.05, 3.63) is 30.1 Å². The van der Waals surface area contributed by atoms with Crippen molar-refractivity contribution < 1.29 is 18.7 Å². The lowest BCUT2D eigenvalue weighted by Gasteiger charge is -2.31. The highest BCUT2D eigenvalue weighted by Crippen LogP contribution is 2.19. The predicted molar refractivity (Wildman–Crippen MR) is 82.4 cm³/mol. The summed E-state index contributed by atoms with van der Waals surface area (Å²) in [5, 5.41) is 5.45. The molecule has 0 aromatic heterocycles. The molecule has 1 aliphatic carbocycles. The maximum Gasteiger partial charge on any atom is 0.250 e. The largest absolute Gasteiger partial charge is 0.366 e. The van der Waals surface area contributed by atoms with Gasteiger partial charge in [0, 0.05) is 19.1 Å². The summed E-state index contributed by atoms with van der Waals surface area (Å²) < 4.78 is 19.0. The molecule has 124 valence electrons. The van der Waals surface area contributed by atoms with Crippen LogP contribution in [-0.2, 0) is 14.3 Å². The molecule has 1 unspecified atom stereocenters. The first-order valence-electron chi connectivity index (χ1n) is 7.80. The number of rotatable bonds is 5. The quantitative estimate of drug-likeness (QED) is 0.839. The van der Waals surface area contributed by atoms with Crippen LogP contribution in [0.1, 0.15) is 12.8 Å². The van der Waals surface area contributed by atoms with E-state index in [-0.39, 0.29) is 30.1 Å². The second kappa shape index (κ2) is 7.06. The fourth-order valence-corrected chi connectivity index (χ4v) is 2.48. The standard InChI is InChI=1S/C16H20FN3O3/c17-12-3-1-2-4-13(12)19-15(21)10-20-7-8-23-14(9-20)16(22)18-11-5-6-11/h1-4,11,14H,5-10H2,(H,18,22)(H,19,21). The molecular weight excluding hydrogens is 301 g/mol. The lowest BCUT2D eigenvalue weighted by Crippen LogP contribution is -2.51. The number of carbonyl (C=O) groups is 2. The number of hydrogen-bond acceptors (Lipinski definition) is 4. The SMILES string of the molecule is O=C(CN1CCOC(C(=O)NC2CC2)C1)Nc1ccccc1F. The van der Waals surface area contributed by atoms with Gasteiger partial charge in [-0.2, -0.15) is 0 Å². The Labute approximate surface area is 134 Å². The highest BCUT2D eigenvalue weighted by Gasteiger charge is 2.31. The van der Waals surface area contributed by atoms with E-state index in [0.717, 1.165) is 12.8 Å². The average molecular weight is 321 g/mol. The summed E-state index contributed by atoms with van der Waals surface area (Å²) in [5.74, 6) is -0.894. The topological polar surface area (TPSA) is 70.7 Å². The second-order valence-electron chi connectivity index (χ2n) is 5.91. The Morgan fingerprint density at radius 2 is 2.09 bits per heavy atom. The van der Waals surface area contributed by atoms with E-state index >= 15 is 0 Å². The number of halogens is 1. The van der Waals surface area contributed by atoms with Gasteiger partial charge in [-0.15, -0.1) is 0 Å². The zero-order valence-electron chi connectivity index (χ0n) is 12.8. The van der Waals surface area contributed by atoms with E-state index in [4.69, 9.17) is 4.74 Å². The molecular formula is C16H20FN3O3. The van der Waals surface area contributed by atoms with Crippen LogP contribution in [-0.4, -0.2) is 55.1 Å². The lowest BCUT2D eigenvalue weighted by molar-refractivity contribution is -0.140. The van der Waals surface area contributed by atoms with Crippen molar-refractivity contribution >= 4 is 17.5 Å². The van der Waals surface area contributed by atoms with Crippen LogP contribution >= 0.6 is 0 Å². The van der Waals surface area contributed by atoms with Crippen molar-refractivity contribution in [2.75, 3.05) is 31.6 Å². The number of morpholine rings is 1. The predicted octanol–water partition coefficient (Wildman–Crippen LogP) is 0.744. The molecule has 2 N–H and O–H groups in total. The van der Waals surface area contributed by atoms with Crippen molar-refractivity contribution in [3.8, 4) is 0 Å². The molecule has 1 heterocycles. The van der Waals surface area contributed by atoms with Crippen LogP contribution in [0.25, 0.3) is 0 Å². The Balaban J connectivity index is 1.49. The first-order valence-corrected chi connectivity index (χ1v) is 7.80. The molecule has 6 nitrogen and oxygen atoms in total. The molecule has 0 radical (unpaired) electrons. The minimum Gasteiger partial charge on any atom is -0.366 e. The Bertz CT molecular complexity index is 592. The second-order valence-corrected chi connectivity index (χ2v) is 5.91. The molecule has 23 heavy (non-hydrogen) atoms. The van der Waals surface area contributed by atoms with Crippen LogP contribution in [0.5, 0.6) is 0 Å². The van der Waals surface area contributed by atoms with Gasteiger partial charge in [0.15, 0.2) is 0 Å². The first kappa shape index (κ1) is 15.9. The Morgan fingerprint density at radius 3 is 2.83 bits per heavy atom. The third-order valence-corrected chi connectivity index (χ3v) is 3.88. The third kappa shape index (κ3) is 4.49. The van der Waals surface area contributed by atoms with E-state index in [1.807, 2.05) is 4.90 Å². The van der Waals surface area contributed by atoms with Crippen LogP contribution in [0, 0.1) is 5.82 Å². The van der Waals surface area contributed by atoms with Crippen LogP contribution in [0.15, 0.2) is 24.3 Å². The summed E-state index contributed by atoms with van der Waals surface area (Å²) in [6.45, 7) is 1.43. The number of amides is 2. The van der Waals surface area contributed by atoms with Gasteiger partial charge >= 0.3 is 0 Å². The van der Waals surface area contributed by atoms with Crippen molar-refractivity contribution in [2.24, 2.45) is 0 Å². The summed E-state index contributed by atoms with van der Waals surface area (Å²) in [7, 11) is 0. The molecule has 2 aliphatic rings. The van der Waals surface area contributed by atoms with Crippen LogP contribution < -0.4 is 10.6 Å². The number of benzene rings is 1. The highest BCUT2D eigenvalue weighted by molar-refractivity contribution is 5.92. The molecule has 2 amide bonds. The number of hydrogen-bond donors (Lipinski definition) is 2. The van der Waals surface area contributed by atoms with Gasteiger partial charge in [0.2, 0.25) is 5.91 Å². The highest BCUT2D eigenvalue weighted by atomic mass is 19.1. The fraction of sp³-hybridized carbons (Fsp3) is 0.500. The number of nitrogens with one attached hydrogen (secondary N) is 2. The molecule has 7 heteroatoms. The number of para-hydroxylation sites is 1. The van der Waals surface area contributed by atoms with Gasteiger partial charge in [0.05, 0.1) is 18.8 Å². The van der Waals surface area contributed by atoms with Crippen molar-refractivity contribution in [1.29, 1.82) is 0 Å². The van der Waals surface area contributed by atoms with Gasteiger partial charge in [-0.25, -0.2) is 4.39 Å². The van der Waals surface area contributed by atoms with Crippen molar-refractivity contribution in [2.45, 2.75) is 25.0 Å². The molecule has 2 fully saturated rings. The molecule has 0 bridgehead atoms. The number of anilines is 1. The van der Waals surface area contributed by atoms with Gasteiger partial charge in [0.25, 0.3) is 5.91 Å². The summed E-state index contributed by atoms with van der Waals surface area (Å²) in [6.07, 6.45) is 1.49. The molecule has 1 aromatic carbocycles. The molecule has 1 aliphatic heterocycles. The van der Waals surface area contributed by atoms with Gasteiger partial charge in [0.1, 0.15) is 11.9 Å². The van der Waals surface area contributed by atoms with Crippen molar-refractivity contribution in [3.63, 3.8) is 0 Å². The third-order valence-electron chi connectivity index (χ3n) is 3.88. The monoisotopic (exact) mass is 321 g/mol. The normalized spacial score (nSPS) is 21.7. The van der Waals surface area contributed by atoms with E-state index < -0.39 is 11.9 Å². The smallest absolute Gasteiger partial charge is 0.250 e. The minimum absolute atomic E-state index is 0.102. The van der Waals surface area contributed by atoms with Gasteiger partial charge < -0.3 is 15.4 Å². The number of ether oxygens (including phenoxy) is 1. The minimum atomic E-state index is -0.550. The maximum absolute atomic E-state index is 13.5. The van der Waals surface area contributed by atoms with Gasteiger partial charge in [-0.1, -0.05) is 12.1 Å². The van der Waals surface area contributed by atoms with Crippen LogP contribution in [0.4, 0.5) is 10.1 Å².